The van der Waals surface area contributed by atoms with Gasteiger partial charge in [0.25, 0.3) is 0 Å². The Kier molecular flexibility index (Phi) is 2.79. The van der Waals surface area contributed by atoms with E-state index in [9.17, 15) is 0 Å². The minimum Gasteiger partial charge on any atom is -0.340 e. The average molecular weight is 215 g/mol. The number of imidazole rings is 1. The predicted octanol–water partition coefficient (Wildman–Crippen LogP) is 2.09. The molecule has 0 radical (unpaired) electrons. The van der Waals surface area contributed by atoms with E-state index in [1.165, 1.54) is 11.1 Å². The van der Waals surface area contributed by atoms with Gasteiger partial charge in [-0.2, -0.15) is 0 Å². The smallest absolute Gasteiger partial charge is 0.0947 e. The molecular weight excluding hydrogens is 198 g/mol. The summed E-state index contributed by atoms with van der Waals surface area (Å²) in [5.74, 6) is 0. The number of hydrogen-bond donors (Lipinski definition) is 1. The number of benzene rings is 1. The molecule has 0 aliphatic heterocycles. The van der Waals surface area contributed by atoms with Crippen molar-refractivity contribution in [3.05, 3.63) is 53.1 Å². The van der Waals surface area contributed by atoms with Crippen LogP contribution in [0.4, 0.5) is 0 Å². The zero-order valence-electron chi connectivity index (χ0n) is 9.94. The Morgan fingerprint density at radius 3 is 2.69 bits per heavy atom. The first-order valence-electron chi connectivity index (χ1n) is 5.39. The van der Waals surface area contributed by atoms with Gasteiger partial charge in [0.1, 0.15) is 0 Å². The van der Waals surface area contributed by atoms with Crippen LogP contribution in [0.15, 0.2) is 30.7 Å². The van der Waals surface area contributed by atoms with E-state index in [1.54, 1.807) is 6.33 Å². The van der Waals surface area contributed by atoms with Crippen molar-refractivity contribution in [2.45, 2.75) is 19.9 Å². The topological polar surface area (TPSA) is 43.8 Å². The Bertz CT molecular complexity index is 500. The zero-order chi connectivity index (χ0) is 11.7. The Morgan fingerprint density at radius 1 is 1.31 bits per heavy atom. The molecule has 16 heavy (non-hydrogen) atoms. The first kappa shape index (κ1) is 10.9. The summed E-state index contributed by atoms with van der Waals surface area (Å²) in [4.78, 5) is 4.30. The lowest BCUT2D eigenvalue weighted by molar-refractivity contribution is 0.825. The van der Waals surface area contributed by atoms with Gasteiger partial charge in [-0.1, -0.05) is 18.2 Å². The van der Waals surface area contributed by atoms with Crippen LogP contribution in [-0.2, 0) is 7.05 Å². The van der Waals surface area contributed by atoms with E-state index in [2.05, 4.69) is 31.0 Å². The molecule has 0 fully saturated rings. The van der Waals surface area contributed by atoms with Gasteiger partial charge in [-0.15, -0.1) is 0 Å². The van der Waals surface area contributed by atoms with Gasteiger partial charge in [-0.25, -0.2) is 4.98 Å². The maximum atomic E-state index is 6.22. The Labute approximate surface area is 95.9 Å². The highest BCUT2D eigenvalue weighted by Crippen LogP contribution is 2.23. The van der Waals surface area contributed by atoms with Crippen molar-refractivity contribution < 1.29 is 0 Å². The quantitative estimate of drug-likeness (QED) is 0.833. The molecule has 0 saturated carbocycles. The summed E-state index contributed by atoms with van der Waals surface area (Å²) in [7, 11) is 1.95. The highest BCUT2D eigenvalue weighted by Gasteiger charge is 2.14. The van der Waals surface area contributed by atoms with Crippen LogP contribution in [0.5, 0.6) is 0 Å². The third-order valence-corrected chi connectivity index (χ3v) is 3.03. The molecule has 0 aliphatic carbocycles. The minimum absolute atomic E-state index is 0.138. The summed E-state index contributed by atoms with van der Waals surface area (Å²) >= 11 is 0. The number of nitrogens with zero attached hydrogens (tertiary/aromatic N) is 2. The molecule has 1 atom stereocenters. The lowest BCUT2D eigenvalue weighted by Gasteiger charge is -2.14. The van der Waals surface area contributed by atoms with Crippen LogP contribution in [0.25, 0.3) is 0 Å². The predicted molar refractivity (Wildman–Crippen MR) is 65.2 cm³/mol. The second kappa shape index (κ2) is 4.10. The van der Waals surface area contributed by atoms with Gasteiger partial charge >= 0.3 is 0 Å². The second-order valence-corrected chi connectivity index (χ2v) is 4.23. The first-order valence-corrected chi connectivity index (χ1v) is 5.39. The molecule has 2 N–H and O–H groups in total. The fourth-order valence-electron chi connectivity index (χ4n) is 1.86. The lowest BCUT2D eigenvalue weighted by atomic mass is 9.96. The summed E-state index contributed by atoms with van der Waals surface area (Å²) in [6.45, 7) is 4.21. The highest BCUT2D eigenvalue weighted by molar-refractivity contribution is 5.38. The van der Waals surface area contributed by atoms with Crippen LogP contribution in [0.3, 0.4) is 0 Å². The molecule has 3 nitrogen and oxygen atoms in total. The van der Waals surface area contributed by atoms with Crippen molar-refractivity contribution in [2.24, 2.45) is 12.8 Å². The SMILES string of the molecule is Cc1cccc(C(N)c2cn(C)cn2)c1C. The third kappa shape index (κ3) is 1.86. The molecule has 0 saturated heterocycles. The molecule has 1 heterocycles. The Hall–Kier alpha value is -1.61. The number of aromatic nitrogens is 2. The van der Waals surface area contributed by atoms with Gasteiger partial charge in [0.2, 0.25) is 0 Å². The van der Waals surface area contributed by atoms with Crippen LogP contribution < -0.4 is 5.73 Å². The van der Waals surface area contributed by atoms with E-state index in [1.807, 2.05) is 23.9 Å². The molecule has 0 aliphatic rings. The summed E-state index contributed by atoms with van der Waals surface area (Å²) in [5.41, 5.74) is 10.8. The van der Waals surface area contributed by atoms with Gasteiger partial charge in [0.15, 0.2) is 0 Å². The van der Waals surface area contributed by atoms with Crippen molar-refractivity contribution in [3.63, 3.8) is 0 Å². The molecule has 1 unspecified atom stereocenters. The normalized spacial score (nSPS) is 12.8. The molecule has 0 spiro atoms. The van der Waals surface area contributed by atoms with Gasteiger partial charge in [-0.3, -0.25) is 0 Å². The van der Waals surface area contributed by atoms with Crippen LogP contribution >= 0.6 is 0 Å². The second-order valence-electron chi connectivity index (χ2n) is 4.23. The fraction of sp³-hybridized carbons (Fsp3) is 0.308. The summed E-state index contributed by atoms with van der Waals surface area (Å²) in [6.07, 6.45) is 3.74. The maximum absolute atomic E-state index is 6.22. The average Bonchev–Trinajstić information content (AvgIpc) is 2.68. The molecule has 84 valence electrons. The van der Waals surface area contributed by atoms with Gasteiger partial charge in [0, 0.05) is 13.2 Å². The van der Waals surface area contributed by atoms with Gasteiger partial charge < -0.3 is 10.3 Å². The van der Waals surface area contributed by atoms with E-state index >= 15 is 0 Å². The number of aryl methyl sites for hydroxylation is 2. The Balaban J connectivity index is 2.41. The molecule has 2 aromatic rings. The van der Waals surface area contributed by atoms with Crippen LogP contribution in [0.2, 0.25) is 0 Å². The zero-order valence-corrected chi connectivity index (χ0v) is 9.94. The molecule has 2 rings (SSSR count). The molecule has 0 amide bonds. The lowest BCUT2D eigenvalue weighted by Crippen LogP contribution is -2.14. The van der Waals surface area contributed by atoms with E-state index in [0.717, 1.165) is 11.3 Å². The van der Waals surface area contributed by atoms with E-state index in [-0.39, 0.29) is 6.04 Å². The number of nitrogens with two attached hydrogens (primary N) is 1. The minimum atomic E-state index is -0.138. The maximum Gasteiger partial charge on any atom is 0.0947 e. The van der Waals surface area contributed by atoms with Crippen molar-refractivity contribution in [1.29, 1.82) is 0 Å². The summed E-state index contributed by atoms with van der Waals surface area (Å²) < 4.78 is 1.92. The van der Waals surface area contributed by atoms with Crippen molar-refractivity contribution >= 4 is 0 Å². The summed E-state index contributed by atoms with van der Waals surface area (Å²) in [6, 6.07) is 6.08. The standard InChI is InChI=1S/C13H17N3/c1-9-5-4-6-11(10(9)2)13(14)12-7-16(3)8-15-12/h4-8,13H,14H2,1-3H3. The Morgan fingerprint density at radius 2 is 2.06 bits per heavy atom. The molecule has 1 aromatic heterocycles. The van der Waals surface area contributed by atoms with Crippen LogP contribution in [0.1, 0.15) is 28.4 Å². The fourth-order valence-corrected chi connectivity index (χ4v) is 1.86. The summed E-state index contributed by atoms with van der Waals surface area (Å²) in [5, 5.41) is 0. The third-order valence-electron chi connectivity index (χ3n) is 3.03. The number of hydrogen-bond acceptors (Lipinski definition) is 2. The molecular formula is C13H17N3. The van der Waals surface area contributed by atoms with Crippen LogP contribution in [0, 0.1) is 13.8 Å². The van der Waals surface area contributed by atoms with Crippen molar-refractivity contribution in [2.75, 3.05) is 0 Å². The van der Waals surface area contributed by atoms with Gasteiger partial charge in [-0.05, 0) is 30.5 Å². The molecule has 1 aromatic carbocycles. The van der Waals surface area contributed by atoms with Crippen molar-refractivity contribution in [3.8, 4) is 0 Å². The number of rotatable bonds is 2. The monoisotopic (exact) mass is 215 g/mol. The first-order chi connectivity index (χ1) is 7.59. The largest absolute Gasteiger partial charge is 0.340 e. The molecule has 0 bridgehead atoms. The highest BCUT2D eigenvalue weighted by atomic mass is 15.0. The molecule has 3 heteroatoms. The van der Waals surface area contributed by atoms with E-state index < -0.39 is 0 Å². The van der Waals surface area contributed by atoms with E-state index in [4.69, 9.17) is 5.73 Å². The van der Waals surface area contributed by atoms with Crippen LogP contribution in [-0.4, -0.2) is 9.55 Å². The van der Waals surface area contributed by atoms with Gasteiger partial charge in [0.05, 0.1) is 18.1 Å². The van der Waals surface area contributed by atoms with Crippen molar-refractivity contribution in [1.82, 2.24) is 9.55 Å². The van der Waals surface area contributed by atoms with E-state index in [0.29, 0.717) is 0 Å².